The van der Waals surface area contributed by atoms with Gasteiger partial charge in [0.05, 0.1) is 6.10 Å². The Hall–Kier alpha value is -0.123. The summed E-state index contributed by atoms with van der Waals surface area (Å²) >= 11 is 3.61. The summed E-state index contributed by atoms with van der Waals surface area (Å²) in [7, 11) is -1.73. The maximum absolute atomic E-state index is 6.52. The molecule has 108 valence electrons. The van der Waals surface area contributed by atoms with Crippen LogP contribution in [0.5, 0.6) is 0 Å². The summed E-state index contributed by atoms with van der Waals surface area (Å²) in [6, 6.07) is 6.64. The van der Waals surface area contributed by atoms with Gasteiger partial charge in [0.2, 0.25) is 0 Å². The lowest BCUT2D eigenvalue weighted by atomic mass is 10.0. The van der Waals surface area contributed by atoms with Crippen LogP contribution >= 0.6 is 15.9 Å². The molecule has 0 saturated carbocycles. The van der Waals surface area contributed by atoms with E-state index in [1.807, 2.05) is 0 Å². The molecule has 3 heteroatoms. The Kier molecular flexibility index (Phi) is 5.44. The van der Waals surface area contributed by atoms with Gasteiger partial charge in [-0.2, -0.15) is 0 Å². The van der Waals surface area contributed by atoms with Crippen molar-refractivity contribution in [3.63, 3.8) is 0 Å². The van der Waals surface area contributed by atoms with Gasteiger partial charge in [0, 0.05) is 5.33 Å². The van der Waals surface area contributed by atoms with Gasteiger partial charge in [-0.25, -0.2) is 0 Å². The quantitative estimate of drug-likeness (QED) is 0.499. The van der Waals surface area contributed by atoms with Gasteiger partial charge in [-0.3, -0.25) is 0 Å². The van der Waals surface area contributed by atoms with E-state index in [1.165, 1.54) is 16.7 Å². The fourth-order valence-electron chi connectivity index (χ4n) is 1.69. The lowest BCUT2D eigenvalue weighted by Gasteiger charge is -2.39. The molecule has 0 fully saturated rings. The highest BCUT2D eigenvalue weighted by atomic mass is 79.9. The van der Waals surface area contributed by atoms with Gasteiger partial charge in [0.1, 0.15) is 0 Å². The van der Waals surface area contributed by atoms with Gasteiger partial charge in [-0.1, -0.05) is 54.9 Å². The Balaban J connectivity index is 2.99. The maximum Gasteiger partial charge on any atom is 0.192 e. The average molecular weight is 343 g/mol. The predicted molar refractivity (Wildman–Crippen MR) is 90.7 cm³/mol. The van der Waals surface area contributed by atoms with Crippen molar-refractivity contribution in [1.82, 2.24) is 0 Å². The van der Waals surface area contributed by atoms with Crippen LogP contribution in [-0.2, 0) is 4.43 Å². The molecule has 0 N–H and O–H groups in total. The Labute approximate surface area is 128 Å². The highest BCUT2D eigenvalue weighted by Gasteiger charge is 2.39. The predicted octanol–water partition coefficient (Wildman–Crippen LogP) is 5.76. The van der Waals surface area contributed by atoms with Crippen molar-refractivity contribution in [3.05, 3.63) is 34.9 Å². The summed E-state index contributed by atoms with van der Waals surface area (Å²) in [5.41, 5.74) is 3.96. The molecule has 0 spiro atoms. The number of aryl methyl sites for hydroxylation is 2. The minimum Gasteiger partial charge on any atom is -0.409 e. The van der Waals surface area contributed by atoms with Crippen LogP contribution in [-0.4, -0.2) is 13.6 Å². The molecule has 0 unspecified atom stereocenters. The van der Waals surface area contributed by atoms with Crippen molar-refractivity contribution in [2.75, 3.05) is 5.33 Å². The van der Waals surface area contributed by atoms with Crippen LogP contribution in [0.1, 0.15) is 43.6 Å². The first-order valence-corrected chi connectivity index (χ1v) is 10.9. The first-order valence-electron chi connectivity index (χ1n) is 6.89. The molecule has 0 aliphatic carbocycles. The molecule has 0 heterocycles. The van der Waals surface area contributed by atoms with Gasteiger partial charge in [-0.15, -0.1) is 0 Å². The molecule has 0 aliphatic heterocycles. The van der Waals surface area contributed by atoms with Gasteiger partial charge < -0.3 is 4.43 Å². The normalized spacial score (nSPS) is 14.5. The molecule has 1 aromatic carbocycles. The molecule has 19 heavy (non-hydrogen) atoms. The Morgan fingerprint density at radius 2 is 1.74 bits per heavy atom. The molecule has 0 bridgehead atoms. The lowest BCUT2D eigenvalue weighted by molar-refractivity contribution is 0.208. The minimum atomic E-state index is -1.73. The molecular formula is C16H27BrOSi. The zero-order chi connectivity index (χ0) is 14.8. The standard InChI is InChI=1S/C16H27BrOSi/c1-12-8-9-14(10-13(12)2)15(11-17)18-19(6,7)16(3,4)5/h8-10,15H,11H2,1-7H3/t15-/m0/s1. The van der Waals surface area contributed by atoms with E-state index in [2.05, 4.69) is 81.8 Å². The Morgan fingerprint density at radius 1 is 1.16 bits per heavy atom. The second-order valence-electron chi connectivity index (χ2n) is 6.86. The summed E-state index contributed by atoms with van der Waals surface area (Å²) < 4.78 is 6.52. The van der Waals surface area contributed by atoms with E-state index in [1.54, 1.807) is 0 Å². The fraction of sp³-hybridized carbons (Fsp3) is 0.625. The van der Waals surface area contributed by atoms with Crippen molar-refractivity contribution in [3.8, 4) is 0 Å². The molecule has 0 saturated heterocycles. The van der Waals surface area contributed by atoms with Gasteiger partial charge >= 0.3 is 0 Å². The van der Waals surface area contributed by atoms with Crippen LogP contribution in [0, 0.1) is 13.8 Å². The largest absolute Gasteiger partial charge is 0.409 e. The van der Waals surface area contributed by atoms with E-state index >= 15 is 0 Å². The molecule has 1 nitrogen and oxygen atoms in total. The third kappa shape index (κ3) is 4.17. The summed E-state index contributed by atoms with van der Waals surface area (Å²) in [5.74, 6) is 0. The second kappa shape index (κ2) is 6.11. The van der Waals surface area contributed by atoms with E-state index in [-0.39, 0.29) is 11.1 Å². The highest BCUT2D eigenvalue weighted by Crippen LogP contribution is 2.40. The van der Waals surface area contributed by atoms with Crippen LogP contribution in [0.15, 0.2) is 18.2 Å². The summed E-state index contributed by atoms with van der Waals surface area (Å²) in [5, 5.41) is 1.09. The first-order chi connectivity index (χ1) is 8.58. The van der Waals surface area contributed by atoms with Crippen molar-refractivity contribution < 1.29 is 4.43 Å². The van der Waals surface area contributed by atoms with E-state index in [4.69, 9.17) is 4.43 Å². The Bertz CT molecular complexity index is 435. The van der Waals surface area contributed by atoms with E-state index < -0.39 is 8.32 Å². The topological polar surface area (TPSA) is 9.23 Å². The second-order valence-corrected chi connectivity index (χ2v) is 12.3. The molecular weight excluding hydrogens is 316 g/mol. The third-order valence-electron chi connectivity index (χ3n) is 4.29. The number of rotatable bonds is 4. The molecule has 1 aromatic rings. The van der Waals surface area contributed by atoms with Crippen LogP contribution in [0.2, 0.25) is 18.1 Å². The lowest BCUT2D eigenvalue weighted by Crippen LogP contribution is -2.42. The summed E-state index contributed by atoms with van der Waals surface area (Å²) in [4.78, 5) is 0. The third-order valence-corrected chi connectivity index (χ3v) is 9.36. The number of alkyl halides is 1. The molecule has 1 atom stereocenters. The van der Waals surface area contributed by atoms with E-state index in [0.717, 1.165) is 5.33 Å². The summed E-state index contributed by atoms with van der Waals surface area (Å²) in [6.45, 7) is 15.8. The number of halogens is 1. The maximum atomic E-state index is 6.52. The average Bonchev–Trinajstić information content (AvgIpc) is 2.28. The van der Waals surface area contributed by atoms with Crippen LogP contribution in [0.4, 0.5) is 0 Å². The molecule has 0 aliphatic rings. The monoisotopic (exact) mass is 342 g/mol. The van der Waals surface area contributed by atoms with Crippen molar-refractivity contribution in [2.45, 2.75) is 58.9 Å². The SMILES string of the molecule is Cc1ccc([C@H](CBr)O[Si](C)(C)C(C)(C)C)cc1C. The zero-order valence-corrected chi connectivity index (χ0v) is 15.9. The Morgan fingerprint density at radius 3 is 2.16 bits per heavy atom. The van der Waals surface area contributed by atoms with Crippen LogP contribution in [0.3, 0.4) is 0 Å². The van der Waals surface area contributed by atoms with Crippen LogP contribution < -0.4 is 0 Å². The number of benzene rings is 1. The van der Waals surface area contributed by atoms with Gasteiger partial charge in [0.25, 0.3) is 0 Å². The van der Waals surface area contributed by atoms with Crippen LogP contribution in [0.25, 0.3) is 0 Å². The molecule has 0 amide bonds. The van der Waals surface area contributed by atoms with Crippen molar-refractivity contribution in [2.24, 2.45) is 0 Å². The van der Waals surface area contributed by atoms with Crippen molar-refractivity contribution >= 4 is 24.2 Å². The minimum absolute atomic E-state index is 0.153. The van der Waals surface area contributed by atoms with Gasteiger partial charge in [0.15, 0.2) is 8.32 Å². The zero-order valence-electron chi connectivity index (χ0n) is 13.3. The van der Waals surface area contributed by atoms with E-state index in [0.29, 0.717) is 0 Å². The molecule has 0 aromatic heterocycles. The summed E-state index contributed by atoms with van der Waals surface area (Å²) in [6.07, 6.45) is 0.153. The fourth-order valence-corrected chi connectivity index (χ4v) is 3.72. The smallest absolute Gasteiger partial charge is 0.192 e. The number of hydrogen-bond donors (Lipinski definition) is 0. The van der Waals surface area contributed by atoms with Crippen molar-refractivity contribution in [1.29, 1.82) is 0 Å². The first kappa shape index (κ1) is 16.9. The molecule has 0 radical (unpaired) electrons. The molecule has 1 rings (SSSR count). The van der Waals surface area contributed by atoms with Gasteiger partial charge in [-0.05, 0) is 48.7 Å². The highest BCUT2D eigenvalue weighted by molar-refractivity contribution is 9.09. The van der Waals surface area contributed by atoms with E-state index in [9.17, 15) is 0 Å². The number of hydrogen-bond acceptors (Lipinski definition) is 1.